The highest BCUT2D eigenvalue weighted by Gasteiger charge is 2.16. The van der Waals surface area contributed by atoms with Gasteiger partial charge in [0.2, 0.25) is 0 Å². The number of aldehydes is 1. The quantitative estimate of drug-likeness (QED) is 0.334. The monoisotopic (exact) mass is 384 g/mol. The molecule has 0 saturated carbocycles. The first kappa shape index (κ1) is 18.4. The summed E-state index contributed by atoms with van der Waals surface area (Å²) in [5.74, 6) is 0.242. The van der Waals surface area contributed by atoms with Crippen LogP contribution in [-0.2, 0) is 11.4 Å². The zero-order valence-corrected chi connectivity index (χ0v) is 15.7. The molecule has 3 aromatic rings. The summed E-state index contributed by atoms with van der Waals surface area (Å²) in [6.07, 6.45) is 4.47. The van der Waals surface area contributed by atoms with Crippen LogP contribution >= 0.6 is 23.4 Å². The van der Waals surface area contributed by atoms with Crippen LogP contribution in [0.2, 0.25) is 5.02 Å². The third-order valence-electron chi connectivity index (χ3n) is 3.83. The van der Waals surface area contributed by atoms with E-state index in [0.29, 0.717) is 28.2 Å². The van der Waals surface area contributed by atoms with Gasteiger partial charge in [0.15, 0.2) is 5.16 Å². The average molecular weight is 385 g/mol. The van der Waals surface area contributed by atoms with E-state index in [4.69, 9.17) is 16.3 Å². The molecular weight excluding hydrogens is 368 g/mol. The molecule has 0 aliphatic heterocycles. The summed E-state index contributed by atoms with van der Waals surface area (Å²) in [6, 6.07) is 16.8. The second kappa shape index (κ2) is 8.83. The minimum absolute atomic E-state index is 0.427. The normalized spacial score (nSPS) is 11.8. The molecule has 4 nitrogen and oxygen atoms in total. The molecule has 1 atom stereocenters. The standard InChI is InChI=1S/C20H17ClN2O2S/c1-26-20-22-10-9-19(23-20)18(12-24)15-3-2-4-17(11-15)25-13-14-5-7-16(21)8-6-14/h2-12,18H,13H2,1H3. The largest absolute Gasteiger partial charge is 0.489 e. The van der Waals surface area contributed by atoms with Crippen LogP contribution in [0.15, 0.2) is 66.0 Å². The van der Waals surface area contributed by atoms with Crippen LogP contribution in [0.25, 0.3) is 0 Å². The van der Waals surface area contributed by atoms with E-state index >= 15 is 0 Å². The molecule has 0 N–H and O–H groups in total. The summed E-state index contributed by atoms with van der Waals surface area (Å²) in [7, 11) is 0. The molecule has 3 rings (SSSR count). The molecule has 0 saturated heterocycles. The first-order valence-electron chi connectivity index (χ1n) is 7.99. The topological polar surface area (TPSA) is 52.1 Å². The molecule has 0 radical (unpaired) electrons. The number of ether oxygens (including phenoxy) is 1. The van der Waals surface area contributed by atoms with E-state index in [1.807, 2.05) is 54.8 Å². The van der Waals surface area contributed by atoms with Crippen molar-refractivity contribution >= 4 is 29.6 Å². The van der Waals surface area contributed by atoms with Crippen LogP contribution < -0.4 is 4.74 Å². The van der Waals surface area contributed by atoms with Gasteiger partial charge in [-0.15, -0.1) is 0 Å². The minimum Gasteiger partial charge on any atom is -0.489 e. The molecule has 132 valence electrons. The van der Waals surface area contributed by atoms with Crippen LogP contribution in [0.5, 0.6) is 5.75 Å². The maximum absolute atomic E-state index is 11.7. The molecule has 0 aliphatic rings. The summed E-state index contributed by atoms with van der Waals surface area (Å²) in [5, 5.41) is 1.34. The van der Waals surface area contributed by atoms with Crippen molar-refractivity contribution in [3.05, 3.63) is 82.6 Å². The molecular formula is C20H17ClN2O2S. The molecule has 6 heteroatoms. The first-order chi connectivity index (χ1) is 12.7. The molecule has 1 aromatic heterocycles. The van der Waals surface area contributed by atoms with Gasteiger partial charge in [0.25, 0.3) is 0 Å². The van der Waals surface area contributed by atoms with Gasteiger partial charge in [-0.25, -0.2) is 9.97 Å². The number of rotatable bonds is 7. The minimum atomic E-state index is -0.456. The van der Waals surface area contributed by atoms with Crippen molar-refractivity contribution < 1.29 is 9.53 Å². The van der Waals surface area contributed by atoms with E-state index in [1.165, 1.54) is 11.8 Å². The van der Waals surface area contributed by atoms with Gasteiger partial charge < -0.3 is 9.53 Å². The summed E-state index contributed by atoms with van der Waals surface area (Å²) >= 11 is 7.34. The third kappa shape index (κ3) is 4.62. The number of aromatic nitrogens is 2. The van der Waals surface area contributed by atoms with E-state index in [9.17, 15) is 4.79 Å². The van der Waals surface area contributed by atoms with E-state index in [-0.39, 0.29) is 0 Å². The van der Waals surface area contributed by atoms with Gasteiger partial charge in [0.1, 0.15) is 18.6 Å². The number of hydrogen-bond donors (Lipinski definition) is 0. The molecule has 0 amide bonds. The molecule has 2 aromatic carbocycles. The predicted octanol–water partition coefficient (Wildman–Crippen LogP) is 4.76. The molecule has 0 spiro atoms. The molecule has 1 unspecified atom stereocenters. The summed E-state index contributed by atoms with van der Waals surface area (Å²) < 4.78 is 5.85. The van der Waals surface area contributed by atoms with E-state index in [1.54, 1.807) is 12.3 Å². The highest BCUT2D eigenvalue weighted by molar-refractivity contribution is 7.98. The van der Waals surface area contributed by atoms with Crippen LogP contribution in [0.1, 0.15) is 22.7 Å². The maximum atomic E-state index is 11.7. The molecule has 1 heterocycles. The second-order valence-corrected chi connectivity index (χ2v) is 6.78. The van der Waals surface area contributed by atoms with Gasteiger partial charge in [-0.1, -0.05) is 47.6 Å². The van der Waals surface area contributed by atoms with Gasteiger partial charge in [-0.05, 0) is 47.7 Å². The van der Waals surface area contributed by atoms with Crippen molar-refractivity contribution in [3.63, 3.8) is 0 Å². The van der Waals surface area contributed by atoms with Crippen molar-refractivity contribution in [1.82, 2.24) is 9.97 Å². The van der Waals surface area contributed by atoms with E-state index in [2.05, 4.69) is 9.97 Å². The fourth-order valence-corrected chi connectivity index (χ4v) is 2.98. The third-order valence-corrected chi connectivity index (χ3v) is 4.64. The average Bonchev–Trinajstić information content (AvgIpc) is 2.69. The Hall–Kier alpha value is -2.37. The smallest absolute Gasteiger partial charge is 0.187 e. The van der Waals surface area contributed by atoms with Crippen molar-refractivity contribution in [3.8, 4) is 5.75 Å². The Morgan fingerprint density at radius 3 is 2.73 bits per heavy atom. The number of benzene rings is 2. The Labute approximate surface area is 161 Å². The Bertz CT molecular complexity index is 887. The number of hydrogen-bond acceptors (Lipinski definition) is 5. The Kier molecular flexibility index (Phi) is 6.26. The lowest BCUT2D eigenvalue weighted by atomic mass is 9.97. The fraction of sp³-hybridized carbons (Fsp3) is 0.150. The van der Waals surface area contributed by atoms with Gasteiger partial charge >= 0.3 is 0 Å². The SMILES string of the molecule is CSc1nccc(C(C=O)c2cccc(OCc3ccc(Cl)cc3)c2)n1. The second-order valence-electron chi connectivity index (χ2n) is 5.57. The Morgan fingerprint density at radius 2 is 2.00 bits per heavy atom. The fourth-order valence-electron chi connectivity index (χ4n) is 2.49. The zero-order valence-electron chi connectivity index (χ0n) is 14.1. The van der Waals surface area contributed by atoms with Crippen molar-refractivity contribution in [1.29, 1.82) is 0 Å². The van der Waals surface area contributed by atoms with E-state index < -0.39 is 5.92 Å². The lowest BCUT2D eigenvalue weighted by molar-refractivity contribution is -0.108. The molecule has 0 bridgehead atoms. The highest BCUT2D eigenvalue weighted by atomic mass is 35.5. The van der Waals surface area contributed by atoms with Crippen molar-refractivity contribution in [2.45, 2.75) is 17.7 Å². The van der Waals surface area contributed by atoms with Gasteiger partial charge in [-0.3, -0.25) is 0 Å². The van der Waals surface area contributed by atoms with Crippen LogP contribution in [0.4, 0.5) is 0 Å². The number of thioether (sulfide) groups is 1. The Balaban J connectivity index is 1.78. The zero-order chi connectivity index (χ0) is 18.4. The summed E-state index contributed by atoms with van der Waals surface area (Å²) in [5.41, 5.74) is 2.53. The number of halogens is 1. The number of nitrogens with zero attached hydrogens (tertiary/aromatic N) is 2. The first-order valence-corrected chi connectivity index (χ1v) is 9.59. The lowest BCUT2D eigenvalue weighted by Gasteiger charge is -2.13. The maximum Gasteiger partial charge on any atom is 0.187 e. The van der Waals surface area contributed by atoms with Crippen LogP contribution in [-0.4, -0.2) is 22.5 Å². The van der Waals surface area contributed by atoms with Crippen molar-refractivity contribution in [2.24, 2.45) is 0 Å². The predicted molar refractivity (Wildman–Crippen MR) is 104 cm³/mol. The molecule has 0 fully saturated rings. The lowest BCUT2D eigenvalue weighted by Crippen LogP contribution is -2.06. The van der Waals surface area contributed by atoms with Gasteiger partial charge in [0, 0.05) is 11.2 Å². The van der Waals surface area contributed by atoms with Crippen LogP contribution in [0, 0.1) is 0 Å². The Morgan fingerprint density at radius 1 is 1.19 bits per heavy atom. The van der Waals surface area contributed by atoms with Gasteiger partial charge in [0.05, 0.1) is 11.6 Å². The summed E-state index contributed by atoms with van der Waals surface area (Å²) in [4.78, 5) is 20.3. The number of carbonyl (C=O) groups excluding carboxylic acids is 1. The summed E-state index contributed by atoms with van der Waals surface area (Å²) in [6.45, 7) is 0.427. The molecule has 0 aliphatic carbocycles. The van der Waals surface area contributed by atoms with E-state index in [0.717, 1.165) is 17.4 Å². The van der Waals surface area contributed by atoms with Crippen molar-refractivity contribution in [2.75, 3.05) is 6.26 Å². The molecule has 26 heavy (non-hydrogen) atoms. The van der Waals surface area contributed by atoms with Gasteiger partial charge in [-0.2, -0.15) is 0 Å². The highest BCUT2D eigenvalue weighted by Crippen LogP contribution is 2.26. The van der Waals surface area contributed by atoms with Crippen LogP contribution in [0.3, 0.4) is 0 Å². The number of carbonyl (C=O) groups is 1.